The molecule has 1 aliphatic rings. The zero-order valence-electron chi connectivity index (χ0n) is 10.9. The maximum atomic E-state index is 8.82. The van der Waals surface area contributed by atoms with Gasteiger partial charge >= 0.3 is 0 Å². The Kier molecular flexibility index (Phi) is 4.14. The molecular weight excluding hydrogens is 244 g/mol. The number of halogens is 1. The van der Waals surface area contributed by atoms with Gasteiger partial charge in [-0.25, -0.2) is 0 Å². The van der Waals surface area contributed by atoms with Gasteiger partial charge in [0.1, 0.15) is 0 Å². The van der Waals surface area contributed by atoms with Crippen molar-refractivity contribution in [3.05, 3.63) is 28.8 Å². The van der Waals surface area contributed by atoms with Crippen molar-refractivity contribution < 1.29 is 0 Å². The highest BCUT2D eigenvalue weighted by atomic mass is 35.5. The Bertz CT molecular complexity index is 464. The number of hydrogen-bond acceptors (Lipinski definition) is 2. The third-order valence-electron chi connectivity index (χ3n) is 4.19. The molecule has 0 bridgehead atoms. The van der Waals surface area contributed by atoms with Crippen molar-refractivity contribution in [1.82, 2.24) is 0 Å². The highest BCUT2D eigenvalue weighted by Crippen LogP contribution is 2.36. The van der Waals surface area contributed by atoms with Crippen LogP contribution in [-0.4, -0.2) is 6.04 Å². The van der Waals surface area contributed by atoms with Gasteiger partial charge in [-0.05, 0) is 42.9 Å². The van der Waals surface area contributed by atoms with Crippen LogP contribution in [0.4, 0.5) is 5.69 Å². The molecule has 1 aromatic carbocycles. The summed E-state index contributed by atoms with van der Waals surface area (Å²) < 4.78 is 0. The SMILES string of the molecule is CCC1CCC(Nc2ccc(C#N)cc2Cl)C1C. The first kappa shape index (κ1) is 13.2. The highest BCUT2D eigenvalue weighted by Gasteiger charge is 2.31. The quantitative estimate of drug-likeness (QED) is 0.874. The van der Waals surface area contributed by atoms with E-state index in [2.05, 4.69) is 25.2 Å². The molecule has 2 rings (SSSR count). The Morgan fingerprint density at radius 1 is 1.44 bits per heavy atom. The van der Waals surface area contributed by atoms with Crippen molar-refractivity contribution in [2.24, 2.45) is 11.8 Å². The van der Waals surface area contributed by atoms with E-state index in [1.807, 2.05) is 12.1 Å². The second-order valence-corrected chi connectivity index (χ2v) is 5.57. The average molecular weight is 263 g/mol. The van der Waals surface area contributed by atoms with E-state index in [1.54, 1.807) is 6.07 Å². The largest absolute Gasteiger partial charge is 0.381 e. The molecule has 0 radical (unpaired) electrons. The molecule has 96 valence electrons. The number of benzene rings is 1. The van der Waals surface area contributed by atoms with Crippen LogP contribution in [0.1, 0.15) is 38.7 Å². The molecule has 0 saturated heterocycles. The van der Waals surface area contributed by atoms with Gasteiger partial charge in [0.25, 0.3) is 0 Å². The Morgan fingerprint density at radius 3 is 2.78 bits per heavy atom. The molecule has 1 saturated carbocycles. The molecule has 1 aromatic rings. The van der Waals surface area contributed by atoms with Crippen LogP contribution < -0.4 is 5.32 Å². The molecule has 3 unspecified atom stereocenters. The van der Waals surface area contributed by atoms with Crippen LogP contribution in [0.25, 0.3) is 0 Å². The van der Waals surface area contributed by atoms with Crippen molar-refractivity contribution >= 4 is 17.3 Å². The van der Waals surface area contributed by atoms with Gasteiger partial charge in [-0.15, -0.1) is 0 Å². The summed E-state index contributed by atoms with van der Waals surface area (Å²) in [5.41, 5.74) is 1.56. The van der Waals surface area contributed by atoms with Crippen LogP contribution in [0, 0.1) is 23.2 Å². The molecule has 0 aliphatic heterocycles. The predicted molar refractivity (Wildman–Crippen MR) is 75.8 cm³/mol. The van der Waals surface area contributed by atoms with Gasteiger partial charge < -0.3 is 5.32 Å². The molecule has 3 heteroatoms. The summed E-state index contributed by atoms with van der Waals surface area (Å²) in [7, 11) is 0. The summed E-state index contributed by atoms with van der Waals surface area (Å²) in [6, 6.07) is 8.05. The van der Waals surface area contributed by atoms with Crippen molar-refractivity contribution in [2.45, 2.75) is 39.2 Å². The fourth-order valence-corrected chi connectivity index (χ4v) is 3.16. The van der Waals surface area contributed by atoms with Gasteiger partial charge in [0, 0.05) is 6.04 Å². The Morgan fingerprint density at radius 2 is 2.22 bits per heavy atom. The molecular formula is C15H19ClN2. The lowest BCUT2D eigenvalue weighted by molar-refractivity contribution is 0.392. The van der Waals surface area contributed by atoms with Crippen molar-refractivity contribution in [3.8, 4) is 6.07 Å². The first-order valence-corrected chi connectivity index (χ1v) is 6.99. The van der Waals surface area contributed by atoms with Gasteiger partial charge in [-0.3, -0.25) is 0 Å². The minimum Gasteiger partial charge on any atom is -0.381 e. The number of rotatable bonds is 3. The maximum absolute atomic E-state index is 8.82. The highest BCUT2D eigenvalue weighted by molar-refractivity contribution is 6.33. The van der Waals surface area contributed by atoms with Crippen molar-refractivity contribution in [2.75, 3.05) is 5.32 Å². The molecule has 3 atom stereocenters. The van der Waals surface area contributed by atoms with E-state index in [-0.39, 0.29) is 0 Å². The van der Waals surface area contributed by atoms with Crippen molar-refractivity contribution in [1.29, 1.82) is 5.26 Å². The third-order valence-corrected chi connectivity index (χ3v) is 4.50. The molecule has 1 fully saturated rings. The van der Waals surface area contributed by atoms with Crippen LogP contribution in [-0.2, 0) is 0 Å². The minimum atomic E-state index is 0.500. The number of nitrogens with zero attached hydrogens (tertiary/aromatic N) is 1. The first-order valence-electron chi connectivity index (χ1n) is 6.62. The van der Waals surface area contributed by atoms with E-state index in [1.165, 1.54) is 19.3 Å². The van der Waals surface area contributed by atoms with Crippen LogP contribution in [0.15, 0.2) is 18.2 Å². The molecule has 0 amide bonds. The van der Waals surface area contributed by atoms with Crippen LogP contribution >= 0.6 is 11.6 Å². The number of nitriles is 1. The second kappa shape index (κ2) is 5.63. The standard InChI is InChI=1S/C15H19ClN2/c1-3-12-5-7-14(10(12)2)18-15-6-4-11(9-17)8-13(15)16/h4,6,8,10,12,14,18H,3,5,7H2,1-2H3. The summed E-state index contributed by atoms with van der Waals surface area (Å²) in [4.78, 5) is 0. The van der Waals surface area contributed by atoms with E-state index < -0.39 is 0 Å². The lowest BCUT2D eigenvalue weighted by Crippen LogP contribution is -2.24. The Balaban J connectivity index is 2.09. The summed E-state index contributed by atoms with van der Waals surface area (Å²) in [6.45, 7) is 4.58. The zero-order valence-corrected chi connectivity index (χ0v) is 11.7. The van der Waals surface area contributed by atoms with E-state index in [0.29, 0.717) is 22.5 Å². The van der Waals surface area contributed by atoms with E-state index in [0.717, 1.165) is 11.6 Å². The smallest absolute Gasteiger partial charge is 0.0992 e. The summed E-state index contributed by atoms with van der Waals surface area (Å²) in [5, 5.41) is 13.0. The van der Waals surface area contributed by atoms with E-state index in [9.17, 15) is 0 Å². The Hall–Kier alpha value is -1.20. The minimum absolute atomic E-state index is 0.500. The monoisotopic (exact) mass is 262 g/mol. The normalized spacial score (nSPS) is 26.9. The molecule has 1 aliphatic carbocycles. The third kappa shape index (κ3) is 2.62. The number of anilines is 1. The summed E-state index contributed by atoms with van der Waals surface area (Å²) >= 11 is 6.19. The van der Waals surface area contributed by atoms with Crippen LogP contribution in [0.3, 0.4) is 0 Å². The fourth-order valence-electron chi connectivity index (χ4n) is 2.93. The number of nitrogens with one attached hydrogen (secondary N) is 1. The topological polar surface area (TPSA) is 35.8 Å². The van der Waals surface area contributed by atoms with E-state index >= 15 is 0 Å². The molecule has 2 nitrogen and oxygen atoms in total. The van der Waals surface area contributed by atoms with Crippen LogP contribution in [0.5, 0.6) is 0 Å². The molecule has 0 aromatic heterocycles. The zero-order chi connectivity index (χ0) is 13.1. The lowest BCUT2D eigenvalue weighted by atomic mass is 9.93. The lowest BCUT2D eigenvalue weighted by Gasteiger charge is -2.22. The first-order chi connectivity index (χ1) is 8.65. The van der Waals surface area contributed by atoms with E-state index in [4.69, 9.17) is 16.9 Å². The van der Waals surface area contributed by atoms with Gasteiger partial charge in [0.2, 0.25) is 0 Å². The van der Waals surface area contributed by atoms with Crippen molar-refractivity contribution in [3.63, 3.8) is 0 Å². The van der Waals surface area contributed by atoms with Crippen LogP contribution in [0.2, 0.25) is 5.02 Å². The molecule has 0 heterocycles. The van der Waals surface area contributed by atoms with Gasteiger partial charge in [0.05, 0.1) is 22.3 Å². The molecule has 0 spiro atoms. The van der Waals surface area contributed by atoms with Gasteiger partial charge in [0.15, 0.2) is 0 Å². The van der Waals surface area contributed by atoms with Gasteiger partial charge in [-0.1, -0.05) is 31.9 Å². The predicted octanol–water partition coefficient (Wildman–Crippen LogP) is 4.45. The summed E-state index contributed by atoms with van der Waals surface area (Å²) in [6.07, 6.45) is 3.75. The Labute approximate surface area is 114 Å². The van der Waals surface area contributed by atoms with Gasteiger partial charge in [-0.2, -0.15) is 5.26 Å². The fraction of sp³-hybridized carbons (Fsp3) is 0.533. The molecule has 18 heavy (non-hydrogen) atoms. The number of hydrogen-bond donors (Lipinski definition) is 1. The maximum Gasteiger partial charge on any atom is 0.0992 e. The summed E-state index contributed by atoms with van der Waals surface area (Å²) in [5.74, 6) is 1.50. The second-order valence-electron chi connectivity index (χ2n) is 5.16. The average Bonchev–Trinajstić information content (AvgIpc) is 2.73. The molecule has 1 N–H and O–H groups in total.